The van der Waals surface area contributed by atoms with Crippen LogP contribution in [0.3, 0.4) is 0 Å². The predicted octanol–water partition coefficient (Wildman–Crippen LogP) is 3.76. The minimum atomic E-state index is -5.08. The fraction of sp³-hybridized carbons (Fsp3) is 0.158. The molecule has 0 fully saturated rings. The van der Waals surface area contributed by atoms with E-state index in [1.54, 1.807) is 24.3 Å². The molecule has 10 heteroatoms. The zero-order valence-corrected chi connectivity index (χ0v) is 14.9. The molecule has 0 saturated carbocycles. The summed E-state index contributed by atoms with van der Waals surface area (Å²) in [5.74, 6) is -2.42. The number of nitrogens with one attached hydrogen (secondary N) is 1. The fourth-order valence-electron chi connectivity index (χ4n) is 1.74. The van der Waals surface area contributed by atoms with Crippen LogP contribution in [0.5, 0.6) is 5.75 Å². The molecule has 2 aromatic rings. The highest BCUT2D eigenvalue weighted by molar-refractivity contribution is 6.04. The van der Waals surface area contributed by atoms with E-state index >= 15 is 0 Å². The van der Waals surface area contributed by atoms with Crippen LogP contribution in [-0.4, -0.2) is 36.3 Å². The number of aliphatic carboxylic acids is 1. The van der Waals surface area contributed by atoms with Crippen LogP contribution in [0.4, 0.5) is 23.2 Å². The normalized spacial score (nSPS) is 11.1. The lowest BCUT2D eigenvalue weighted by Gasteiger charge is -2.08. The second kappa shape index (κ2) is 11.4. The number of halogens is 4. The molecule has 1 amide bonds. The number of alkyl halides is 3. The third kappa shape index (κ3) is 8.89. The minimum absolute atomic E-state index is 0.0859. The topological polar surface area (TPSA) is 102 Å². The van der Waals surface area contributed by atoms with E-state index in [0.717, 1.165) is 5.69 Å². The number of para-hydroxylation sites is 1. The van der Waals surface area contributed by atoms with Gasteiger partial charge in [-0.25, -0.2) is 9.18 Å². The van der Waals surface area contributed by atoms with Gasteiger partial charge in [0.15, 0.2) is 0 Å². The van der Waals surface area contributed by atoms with Crippen molar-refractivity contribution < 1.29 is 37.0 Å². The summed E-state index contributed by atoms with van der Waals surface area (Å²) in [5.41, 5.74) is 6.95. The highest BCUT2D eigenvalue weighted by atomic mass is 19.4. The second-order valence-corrected chi connectivity index (χ2v) is 5.41. The number of carboxylic acids is 1. The number of amides is 1. The van der Waals surface area contributed by atoms with E-state index in [0.29, 0.717) is 23.2 Å². The van der Waals surface area contributed by atoms with Crippen molar-refractivity contribution in [1.29, 1.82) is 0 Å². The van der Waals surface area contributed by atoms with E-state index in [2.05, 4.69) is 5.32 Å². The molecule has 2 aromatic carbocycles. The lowest BCUT2D eigenvalue weighted by atomic mass is 10.2. The smallest absolute Gasteiger partial charge is 0.489 e. The van der Waals surface area contributed by atoms with Gasteiger partial charge in [-0.05, 0) is 36.4 Å². The lowest BCUT2D eigenvalue weighted by Crippen LogP contribution is -2.21. The Morgan fingerprint density at radius 1 is 1.07 bits per heavy atom. The van der Waals surface area contributed by atoms with Crippen molar-refractivity contribution in [2.24, 2.45) is 5.73 Å². The van der Waals surface area contributed by atoms with Crippen LogP contribution in [0.25, 0.3) is 0 Å². The summed E-state index contributed by atoms with van der Waals surface area (Å²) in [6, 6.07) is 15.8. The molecular formula is C19H18F4N2O4. The van der Waals surface area contributed by atoms with E-state index in [1.807, 2.05) is 30.3 Å². The number of carbonyl (C=O) groups is 2. The van der Waals surface area contributed by atoms with Gasteiger partial charge in [0, 0.05) is 23.4 Å². The summed E-state index contributed by atoms with van der Waals surface area (Å²) in [4.78, 5) is 21.0. The van der Waals surface area contributed by atoms with Gasteiger partial charge in [-0.3, -0.25) is 4.79 Å². The molecule has 0 heterocycles. The predicted molar refractivity (Wildman–Crippen MR) is 98.3 cm³/mol. The summed E-state index contributed by atoms with van der Waals surface area (Å²) in [6.45, 7) is 0.191. The Morgan fingerprint density at radius 3 is 2.07 bits per heavy atom. The molecule has 0 aliphatic carbocycles. The van der Waals surface area contributed by atoms with E-state index in [-0.39, 0.29) is 19.1 Å². The largest absolute Gasteiger partial charge is 0.490 e. The van der Waals surface area contributed by atoms with Gasteiger partial charge in [-0.1, -0.05) is 18.2 Å². The van der Waals surface area contributed by atoms with Gasteiger partial charge in [0.05, 0.1) is 6.33 Å². The SMILES string of the molecule is NC/C(=C\F)COc1ccc(C(=O)Nc2ccccc2)cc1.O=C(O)C(F)(F)F. The minimum Gasteiger partial charge on any atom is -0.489 e. The van der Waals surface area contributed by atoms with E-state index < -0.39 is 12.1 Å². The van der Waals surface area contributed by atoms with Gasteiger partial charge < -0.3 is 20.9 Å². The molecule has 0 radical (unpaired) electrons. The first kappa shape index (κ1) is 23.6. The number of ether oxygens (including phenoxy) is 1. The first-order chi connectivity index (χ1) is 13.7. The molecule has 0 aliphatic heterocycles. The first-order valence-electron chi connectivity index (χ1n) is 8.05. The third-order valence-electron chi connectivity index (χ3n) is 3.23. The number of benzene rings is 2. The Morgan fingerprint density at radius 2 is 1.62 bits per heavy atom. The lowest BCUT2D eigenvalue weighted by molar-refractivity contribution is -0.192. The van der Waals surface area contributed by atoms with Crippen LogP contribution in [0.2, 0.25) is 0 Å². The zero-order valence-electron chi connectivity index (χ0n) is 14.9. The second-order valence-electron chi connectivity index (χ2n) is 5.41. The maximum Gasteiger partial charge on any atom is 0.490 e. The maximum atomic E-state index is 12.4. The van der Waals surface area contributed by atoms with Gasteiger partial charge >= 0.3 is 12.1 Å². The van der Waals surface area contributed by atoms with Crippen molar-refractivity contribution in [1.82, 2.24) is 0 Å². The summed E-state index contributed by atoms with van der Waals surface area (Å²) in [6.07, 6.45) is -4.64. The monoisotopic (exact) mass is 414 g/mol. The summed E-state index contributed by atoms with van der Waals surface area (Å²) in [5, 5.41) is 9.92. The Labute approximate surface area is 163 Å². The average Bonchev–Trinajstić information content (AvgIpc) is 2.69. The Bertz CT molecular complexity index is 822. The standard InChI is InChI=1S/C17H17FN2O2.C2HF3O2/c18-10-13(11-19)12-22-16-8-6-14(7-9-16)17(21)20-15-4-2-1-3-5-15;3-2(4,5)1(6)7/h1-10H,11-12,19H2,(H,20,21);(H,6,7)/b13-10+;. The Hall–Kier alpha value is -3.40. The molecule has 29 heavy (non-hydrogen) atoms. The zero-order chi connectivity index (χ0) is 21.9. The molecule has 0 aliphatic rings. The summed E-state index contributed by atoms with van der Waals surface area (Å²) >= 11 is 0. The molecule has 156 valence electrons. The van der Waals surface area contributed by atoms with Gasteiger partial charge in [-0.2, -0.15) is 13.2 Å². The number of anilines is 1. The van der Waals surface area contributed by atoms with Crippen molar-refractivity contribution >= 4 is 17.6 Å². The van der Waals surface area contributed by atoms with Crippen molar-refractivity contribution in [3.8, 4) is 5.75 Å². The van der Waals surface area contributed by atoms with Crippen LogP contribution in [0.15, 0.2) is 66.5 Å². The van der Waals surface area contributed by atoms with E-state index in [9.17, 15) is 22.4 Å². The highest BCUT2D eigenvalue weighted by Crippen LogP contribution is 2.15. The van der Waals surface area contributed by atoms with Crippen molar-refractivity contribution in [3.63, 3.8) is 0 Å². The number of rotatable bonds is 6. The van der Waals surface area contributed by atoms with Crippen LogP contribution < -0.4 is 15.8 Å². The molecule has 0 unspecified atom stereocenters. The van der Waals surface area contributed by atoms with Gasteiger partial charge in [-0.15, -0.1) is 0 Å². The fourth-order valence-corrected chi connectivity index (χ4v) is 1.74. The molecule has 0 atom stereocenters. The maximum absolute atomic E-state index is 12.4. The van der Waals surface area contributed by atoms with Crippen LogP contribution in [0, 0.1) is 0 Å². The third-order valence-corrected chi connectivity index (χ3v) is 3.23. The number of nitrogens with two attached hydrogens (primary N) is 1. The number of hydrogen-bond acceptors (Lipinski definition) is 4. The van der Waals surface area contributed by atoms with Crippen molar-refractivity contribution in [3.05, 3.63) is 72.1 Å². The number of carboxylic acid groups (broad SMARTS) is 1. The molecule has 0 spiro atoms. The molecule has 0 aromatic heterocycles. The van der Waals surface area contributed by atoms with Crippen LogP contribution >= 0.6 is 0 Å². The van der Waals surface area contributed by atoms with Crippen LogP contribution in [-0.2, 0) is 4.79 Å². The average molecular weight is 414 g/mol. The van der Waals surface area contributed by atoms with E-state index in [1.165, 1.54) is 0 Å². The van der Waals surface area contributed by atoms with Gasteiger partial charge in [0.25, 0.3) is 5.91 Å². The Kier molecular flexibility index (Phi) is 9.33. The molecule has 0 saturated heterocycles. The molecule has 2 rings (SSSR count). The quantitative estimate of drug-likeness (QED) is 0.625. The molecular weight excluding hydrogens is 396 g/mol. The van der Waals surface area contributed by atoms with Crippen LogP contribution in [0.1, 0.15) is 10.4 Å². The molecule has 6 nitrogen and oxygen atoms in total. The summed E-state index contributed by atoms with van der Waals surface area (Å²) < 4.78 is 49.5. The Balaban J connectivity index is 0.000000516. The first-order valence-corrected chi connectivity index (χ1v) is 8.05. The van der Waals surface area contributed by atoms with E-state index in [4.69, 9.17) is 20.4 Å². The van der Waals surface area contributed by atoms with Crippen molar-refractivity contribution in [2.45, 2.75) is 6.18 Å². The van der Waals surface area contributed by atoms with Crippen molar-refractivity contribution in [2.75, 3.05) is 18.5 Å². The molecule has 0 bridgehead atoms. The highest BCUT2D eigenvalue weighted by Gasteiger charge is 2.38. The van der Waals surface area contributed by atoms with Gasteiger partial charge in [0.2, 0.25) is 0 Å². The van der Waals surface area contributed by atoms with Gasteiger partial charge in [0.1, 0.15) is 12.4 Å². The summed E-state index contributed by atoms with van der Waals surface area (Å²) in [7, 11) is 0. The number of hydrogen-bond donors (Lipinski definition) is 3. The molecule has 4 N–H and O–H groups in total. The number of carbonyl (C=O) groups excluding carboxylic acids is 1.